The maximum absolute atomic E-state index is 12.5. The van der Waals surface area contributed by atoms with Crippen molar-refractivity contribution in [2.24, 2.45) is 23.2 Å². The third kappa shape index (κ3) is 4.76. The largest absolute Gasteiger partial charge is 0.483 e. The lowest BCUT2D eigenvalue weighted by Gasteiger charge is -2.56. The molecule has 1 aromatic rings. The normalized spacial score (nSPS) is 29.5. The first kappa shape index (κ1) is 20.2. The fraction of sp³-hybridized carbons (Fsp3) is 0.667. The SMILES string of the molecule is Cc1cccc(OCC(=O)NCCNC(=O)CC23CC4CC(CC(C4)C2)C3)c1C. The Labute approximate surface area is 174 Å². The van der Waals surface area contributed by atoms with E-state index in [4.69, 9.17) is 4.74 Å². The summed E-state index contributed by atoms with van der Waals surface area (Å²) in [6.07, 6.45) is 8.61. The first-order valence-electron chi connectivity index (χ1n) is 11.1. The first-order chi connectivity index (χ1) is 13.9. The monoisotopic (exact) mass is 398 g/mol. The van der Waals surface area contributed by atoms with E-state index in [1.54, 1.807) is 0 Å². The molecule has 4 aliphatic carbocycles. The topological polar surface area (TPSA) is 67.4 Å². The molecule has 5 rings (SSSR count). The Bertz CT molecular complexity index is 738. The van der Waals surface area contributed by atoms with Crippen LogP contribution in [0.15, 0.2) is 18.2 Å². The van der Waals surface area contributed by atoms with Crippen LogP contribution in [0.5, 0.6) is 5.75 Å². The minimum atomic E-state index is -0.166. The van der Waals surface area contributed by atoms with Crippen LogP contribution in [0.3, 0.4) is 0 Å². The van der Waals surface area contributed by atoms with E-state index in [9.17, 15) is 9.59 Å². The van der Waals surface area contributed by atoms with Gasteiger partial charge in [-0.15, -0.1) is 0 Å². The lowest BCUT2D eigenvalue weighted by molar-refractivity contribution is -0.129. The van der Waals surface area contributed by atoms with Crippen molar-refractivity contribution >= 4 is 11.8 Å². The number of rotatable bonds is 8. The highest BCUT2D eigenvalue weighted by molar-refractivity contribution is 5.78. The maximum atomic E-state index is 12.5. The van der Waals surface area contributed by atoms with E-state index < -0.39 is 0 Å². The van der Waals surface area contributed by atoms with Crippen LogP contribution in [0.1, 0.15) is 56.1 Å². The Hall–Kier alpha value is -2.04. The average molecular weight is 399 g/mol. The molecule has 2 amide bonds. The zero-order valence-corrected chi connectivity index (χ0v) is 17.8. The molecule has 1 aromatic carbocycles. The smallest absolute Gasteiger partial charge is 0.258 e. The molecule has 0 spiro atoms. The van der Waals surface area contributed by atoms with E-state index in [1.165, 1.54) is 38.5 Å². The van der Waals surface area contributed by atoms with Crippen LogP contribution in [0.2, 0.25) is 0 Å². The third-order valence-corrected chi connectivity index (χ3v) is 7.38. The standard InChI is InChI=1S/C24H34N2O3/c1-16-4-3-5-21(17(16)2)29-15-23(28)26-7-6-25-22(27)14-24-11-18-8-19(12-24)10-20(9-18)13-24/h3-5,18-20H,6-15H2,1-2H3,(H,25,27)(H,26,28). The van der Waals surface area contributed by atoms with Gasteiger partial charge in [-0.25, -0.2) is 0 Å². The Morgan fingerprint density at radius 3 is 2.17 bits per heavy atom. The second kappa shape index (κ2) is 8.37. The number of amides is 2. The van der Waals surface area contributed by atoms with E-state index in [-0.39, 0.29) is 23.8 Å². The summed E-state index contributed by atoms with van der Waals surface area (Å²) in [5.41, 5.74) is 2.46. The molecule has 4 aliphatic rings. The van der Waals surface area contributed by atoms with Gasteiger partial charge in [0.1, 0.15) is 5.75 Å². The summed E-state index contributed by atoms with van der Waals surface area (Å²) in [6, 6.07) is 5.82. The average Bonchev–Trinajstić information content (AvgIpc) is 2.65. The Morgan fingerprint density at radius 1 is 0.966 bits per heavy atom. The van der Waals surface area contributed by atoms with Crippen molar-refractivity contribution < 1.29 is 14.3 Å². The highest BCUT2D eigenvalue weighted by Gasteiger charge is 2.51. The number of nitrogens with one attached hydrogen (secondary N) is 2. The van der Waals surface area contributed by atoms with Gasteiger partial charge in [-0.3, -0.25) is 9.59 Å². The molecule has 0 aliphatic heterocycles. The number of ether oxygens (including phenoxy) is 1. The predicted molar refractivity (Wildman–Crippen MR) is 113 cm³/mol. The van der Waals surface area contributed by atoms with Crippen molar-refractivity contribution in [3.63, 3.8) is 0 Å². The molecule has 2 N–H and O–H groups in total. The van der Waals surface area contributed by atoms with Crippen molar-refractivity contribution in [3.8, 4) is 5.75 Å². The summed E-state index contributed by atoms with van der Waals surface area (Å²) in [5, 5.41) is 5.83. The van der Waals surface area contributed by atoms with Crippen molar-refractivity contribution in [1.29, 1.82) is 0 Å². The molecule has 0 unspecified atom stereocenters. The van der Waals surface area contributed by atoms with E-state index in [1.807, 2.05) is 32.0 Å². The van der Waals surface area contributed by atoms with Crippen molar-refractivity contribution in [1.82, 2.24) is 10.6 Å². The van der Waals surface area contributed by atoms with Crippen molar-refractivity contribution in [3.05, 3.63) is 29.3 Å². The molecular weight excluding hydrogens is 364 g/mol. The highest BCUT2D eigenvalue weighted by atomic mass is 16.5. The fourth-order valence-corrected chi connectivity index (χ4v) is 6.39. The lowest BCUT2D eigenvalue weighted by atomic mass is 9.49. The quantitative estimate of drug-likeness (QED) is 0.659. The number of hydrogen-bond acceptors (Lipinski definition) is 3. The third-order valence-electron chi connectivity index (χ3n) is 7.38. The van der Waals surface area contributed by atoms with Gasteiger partial charge in [-0.2, -0.15) is 0 Å². The lowest BCUT2D eigenvalue weighted by Crippen LogP contribution is -2.48. The minimum Gasteiger partial charge on any atom is -0.483 e. The van der Waals surface area contributed by atoms with Gasteiger partial charge in [0.25, 0.3) is 5.91 Å². The fourth-order valence-electron chi connectivity index (χ4n) is 6.39. The van der Waals surface area contributed by atoms with Crippen LogP contribution in [-0.4, -0.2) is 31.5 Å². The molecule has 4 saturated carbocycles. The number of carbonyl (C=O) groups excluding carboxylic acids is 2. The van der Waals surface area contributed by atoms with Crippen LogP contribution in [0, 0.1) is 37.0 Å². The molecule has 5 heteroatoms. The minimum absolute atomic E-state index is 0.00842. The van der Waals surface area contributed by atoms with E-state index >= 15 is 0 Å². The Balaban J connectivity index is 1.14. The van der Waals surface area contributed by atoms with Crippen LogP contribution in [0.25, 0.3) is 0 Å². The molecule has 0 atom stereocenters. The van der Waals surface area contributed by atoms with Gasteiger partial charge in [0, 0.05) is 19.5 Å². The van der Waals surface area contributed by atoms with E-state index in [0.717, 1.165) is 34.6 Å². The molecule has 29 heavy (non-hydrogen) atoms. The molecule has 5 nitrogen and oxygen atoms in total. The number of benzene rings is 1. The molecule has 158 valence electrons. The van der Waals surface area contributed by atoms with Gasteiger partial charge in [0.05, 0.1) is 0 Å². The second-order valence-electron chi connectivity index (χ2n) is 9.78. The molecule has 0 heterocycles. The first-order valence-corrected chi connectivity index (χ1v) is 11.1. The van der Waals surface area contributed by atoms with Gasteiger partial charge in [-0.1, -0.05) is 12.1 Å². The zero-order valence-electron chi connectivity index (χ0n) is 17.8. The molecule has 0 aromatic heterocycles. The summed E-state index contributed by atoms with van der Waals surface area (Å²) < 4.78 is 5.62. The van der Waals surface area contributed by atoms with Gasteiger partial charge in [-0.05, 0) is 92.7 Å². The summed E-state index contributed by atoms with van der Waals surface area (Å²) >= 11 is 0. The molecule has 4 bridgehead atoms. The number of aryl methyl sites for hydroxylation is 1. The van der Waals surface area contributed by atoms with Crippen LogP contribution < -0.4 is 15.4 Å². The summed E-state index contributed by atoms with van der Waals surface area (Å²) in [7, 11) is 0. The van der Waals surface area contributed by atoms with Crippen molar-refractivity contribution in [2.45, 2.75) is 58.8 Å². The summed E-state index contributed by atoms with van der Waals surface area (Å²) in [5.74, 6) is 3.32. The van der Waals surface area contributed by atoms with E-state index in [2.05, 4.69) is 10.6 Å². The molecule has 0 radical (unpaired) electrons. The van der Waals surface area contributed by atoms with E-state index in [0.29, 0.717) is 19.5 Å². The maximum Gasteiger partial charge on any atom is 0.258 e. The Kier molecular flexibility index (Phi) is 5.84. The van der Waals surface area contributed by atoms with Crippen LogP contribution in [0.4, 0.5) is 0 Å². The second-order valence-corrected chi connectivity index (χ2v) is 9.78. The van der Waals surface area contributed by atoms with Gasteiger partial charge in [0.2, 0.25) is 5.91 Å². The Morgan fingerprint density at radius 2 is 1.55 bits per heavy atom. The van der Waals surface area contributed by atoms with Crippen molar-refractivity contribution in [2.75, 3.05) is 19.7 Å². The summed E-state index contributed by atoms with van der Waals surface area (Å²) in [4.78, 5) is 24.5. The van der Waals surface area contributed by atoms with Gasteiger partial charge < -0.3 is 15.4 Å². The molecule has 0 saturated heterocycles. The molecular formula is C24H34N2O3. The highest BCUT2D eigenvalue weighted by Crippen LogP contribution is 2.61. The molecule has 4 fully saturated rings. The number of hydrogen-bond donors (Lipinski definition) is 2. The van der Waals surface area contributed by atoms with Gasteiger partial charge >= 0.3 is 0 Å². The van der Waals surface area contributed by atoms with Crippen LogP contribution >= 0.6 is 0 Å². The zero-order chi connectivity index (χ0) is 20.4. The number of carbonyl (C=O) groups is 2. The van der Waals surface area contributed by atoms with Crippen LogP contribution in [-0.2, 0) is 9.59 Å². The summed E-state index contributed by atoms with van der Waals surface area (Å²) in [6.45, 7) is 4.91. The van der Waals surface area contributed by atoms with Gasteiger partial charge in [0.15, 0.2) is 6.61 Å². The predicted octanol–water partition coefficient (Wildman–Crippen LogP) is 3.52.